The van der Waals surface area contributed by atoms with Crippen LogP contribution >= 0.6 is 28.1 Å². The van der Waals surface area contributed by atoms with Gasteiger partial charge >= 0.3 is 0 Å². The molecule has 1 aliphatic rings. The van der Waals surface area contributed by atoms with Gasteiger partial charge in [-0.25, -0.2) is 4.39 Å². The van der Waals surface area contributed by atoms with Gasteiger partial charge in [-0.15, -0.1) is 0 Å². The Morgan fingerprint density at radius 3 is 2.69 bits per heavy atom. The molecular weight excluding hydrogens is 419 g/mol. The van der Waals surface area contributed by atoms with Crippen molar-refractivity contribution in [3.05, 3.63) is 64.0 Å². The summed E-state index contributed by atoms with van der Waals surface area (Å²) in [5, 5.41) is 3.17. The summed E-state index contributed by atoms with van der Waals surface area (Å²) in [6.45, 7) is 2.61. The predicted octanol–water partition coefficient (Wildman–Crippen LogP) is 4.64. The molecule has 26 heavy (non-hydrogen) atoms. The fraction of sp³-hybridized carbons (Fsp3) is 0.158. The zero-order chi connectivity index (χ0) is 18.7. The number of thiocarbonyl (C=S) groups is 1. The molecule has 0 spiro atoms. The highest BCUT2D eigenvalue weighted by Crippen LogP contribution is 2.28. The van der Waals surface area contributed by atoms with Crippen molar-refractivity contribution in [2.24, 2.45) is 0 Å². The molecule has 0 radical (unpaired) electrons. The van der Waals surface area contributed by atoms with E-state index in [9.17, 15) is 9.18 Å². The second-order valence-electron chi connectivity index (χ2n) is 5.64. The first kappa shape index (κ1) is 18.5. The number of anilines is 1. The molecule has 4 nitrogen and oxygen atoms in total. The first-order chi connectivity index (χ1) is 12.5. The first-order valence-corrected chi connectivity index (χ1v) is 9.24. The van der Waals surface area contributed by atoms with Crippen molar-refractivity contribution >= 4 is 50.9 Å². The minimum Gasteiger partial charge on any atom is -0.493 e. The Morgan fingerprint density at radius 1 is 1.27 bits per heavy atom. The van der Waals surface area contributed by atoms with Crippen molar-refractivity contribution in [2.75, 3.05) is 11.5 Å². The van der Waals surface area contributed by atoms with Gasteiger partial charge < -0.3 is 10.1 Å². The van der Waals surface area contributed by atoms with Crippen molar-refractivity contribution in [2.45, 2.75) is 13.3 Å². The van der Waals surface area contributed by atoms with Gasteiger partial charge in [-0.3, -0.25) is 9.69 Å². The molecule has 1 aliphatic heterocycles. The second kappa shape index (κ2) is 7.97. The second-order valence-corrected chi connectivity index (χ2v) is 6.94. The van der Waals surface area contributed by atoms with Gasteiger partial charge in [-0.2, -0.15) is 0 Å². The van der Waals surface area contributed by atoms with Crippen molar-refractivity contribution in [3.63, 3.8) is 0 Å². The Balaban J connectivity index is 1.93. The van der Waals surface area contributed by atoms with Crippen LogP contribution in [-0.4, -0.2) is 17.6 Å². The van der Waals surface area contributed by atoms with E-state index in [0.717, 1.165) is 16.5 Å². The highest BCUT2D eigenvalue weighted by Gasteiger charge is 2.32. The summed E-state index contributed by atoms with van der Waals surface area (Å²) in [6, 6.07) is 11.2. The summed E-state index contributed by atoms with van der Waals surface area (Å²) in [5.74, 6) is 0.00761. The molecular formula is C19H16BrFN2O2S. The lowest BCUT2D eigenvalue weighted by atomic mass is 10.1. The summed E-state index contributed by atoms with van der Waals surface area (Å²) in [4.78, 5) is 14.1. The molecule has 1 N–H and O–H groups in total. The molecule has 7 heteroatoms. The van der Waals surface area contributed by atoms with Gasteiger partial charge in [0, 0.05) is 10.0 Å². The molecule has 3 rings (SSSR count). The van der Waals surface area contributed by atoms with E-state index in [4.69, 9.17) is 17.0 Å². The van der Waals surface area contributed by atoms with Gasteiger partial charge in [0.05, 0.1) is 12.3 Å². The standard InChI is InChI=1S/C19H16BrFN2O2S/c1-2-9-25-17-8-3-13(20)10-12(17)11-16-18(24)23(19(26)22-16)15-6-4-14(21)5-7-15/h3-8,10-11H,2,9H2,1H3,(H,22,26)/b16-11+. The Kier molecular flexibility index (Phi) is 5.68. The molecule has 1 amide bonds. The van der Waals surface area contributed by atoms with E-state index in [1.165, 1.54) is 29.2 Å². The topological polar surface area (TPSA) is 41.6 Å². The summed E-state index contributed by atoms with van der Waals surface area (Å²) in [5.41, 5.74) is 1.60. The number of carbonyl (C=O) groups excluding carboxylic acids is 1. The first-order valence-electron chi connectivity index (χ1n) is 8.04. The maximum atomic E-state index is 13.1. The Hall–Kier alpha value is -2.25. The fourth-order valence-corrected chi connectivity index (χ4v) is 3.17. The van der Waals surface area contributed by atoms with Crippen LogP contribution in [0.2, 0.25) is 0 Å². The van der Waals surface area contributed by atoms with Crippen molar-refractivity contribution in [1.29, 1.82) is 0 Å². The molecule has 0 atom stereocenters. The highest BCUT2D eigenvalue weighted by molar-refractivity contribution is 9.10. The number of amides is 1. The van der Waals surface area contributed by atoms with Crippen molar-refractivity contribution in [3.8, 4) is 5.75 Å². The molecule has 0 saturated carbocycles. The SMILES string of the molecule is CCCOc1ccc(Br)cc1/C=C1/NC(=S)N(c2ccc(F)cc2)C1=O. The van der Waals surface area contributed by atoms with Crippen molar-refractivity contribution in [1.82, 2.24) is 5.32 Å². The molecule has 2 aromatic carbocycles. The number of hydrogen-bond acceptors (Lipinski definition) is 3. The van der Waals surface area contributed by atoms with Gasteiger partial charge in [0.25, 0.3) is 5.91 Å². The number of nitrogens with one attached hydrogen (secondary N) is 1. The van der Waals surface area contributed by atoms with E-state index in [2.05, 4.69) is 21.2 Å². The fourth-order valence-electron chi connectivity index (χ4n) is 2.49. The summed E-state index contributed by atoms with van der Waals surface area (Å²) in [7, 11) is 0. The van der Waals surface area contributed by atoms with E-state index in [-0.39, 0.29) is 16.8 Å². The molecule has 134 valence electrons. The van der Waals surface area contributed by atoms with E-state index < -0.39 is 0 Å². The zero-order valence-electron chi connectivity index (χ0n) is 14.0. The van der Waals surface area contributed by atoms with Gasteiger partial charge in [0.1, 0.15) is 17.3 Å². The van der Waals surface area contributed by atoms with Gasteiger partial charge in [-0.05, 0) is 67.2 Å². The van der Waals surface area contributed by atoms with Crippen LogP contribution in [-0.2, 0) is 4.79 Å². The lowest BCUT2D eigenvalue weighted by molar-refractivity contribution is -0.113. The summed E-state index contributed by atoms with van der Waals surface area (Å²) in [6.07, 6.45) is 2.58. The van der Waals surface area contributed by atoms with E-state index in [1.807, 2.05) is 25.1 Å². The minimum atomic E-state index is -0.373. The summed E-state index contributed by atoms with van der Waals surface area (Å²) < 4.78 is 19.8. The number of hydrogen-bond donors (Lipinski definition) is 1. The molecule has 1 saturated heterocycles. The normalized spacial score (nSPS) is 15.5. The lowest BCUT2D eigenvalue weighted by Gasteiger charge is -2.13. The molecule has 0 aliphatic carbocycles. The molecule has 1 heterocycles. The predicted molar refractivity (Wildman–Crippen MR) is 108 cm³/mol. The maximum absolute atomic E-state index is 13.1. The third-order valence-corrected chi connectivity index (χ3v) is 4.47. The average Bonchev–Trinajstić information content (AvgIpc) is 2.89. The van der Waals surface area contributed by atoms with Crippen LogP contribution in [0.4, 0.5) is 10.1 Å². The zero-order valence-corrected chi connectivity index (χ0v) is 16.4. The number of nitrogens with zero attached hydrogens (tertiary/aromatic N) is 1. The van der Waals surface area contributed by atoms with Crippen LogP contribution < -0.4 is 15.0 Å². The largest absolute Gasteiger partial charge is 0.493 e. The van der Waals surface area contributed by atoms with Crippen LogP contribution in [0.1, 0.15) is 18.9 Å². The smallest absolute Gasteiger partial charge is 0.281 e. The monoisotopic (exact) mass is 434 g/mol. The van der Waals surface area contributed by atoms with Crippen LogP contribution in [0.25, 0.3) is 6.08 Å². The Bertz CT molecular complexity index is 884. The van der Waals surface area contributed by atoms with Crippen LogP contribution in [0.3, 0.4) is 0 Å². The number of carbonyl (C=O) groups is 1. The van der Waals surface area contributed by atoms with Gasteiger partial charge in [0.2, 0.25) is 0 Å². The Labute approximate surface area is 164 Å². The third-order valence-electron chi connectivity index (χ3n) is 3.70. The molecule has 0 bridgehead atoms. The van der Waals surface area contributed by atoms with Crippen molar-refractivity contribution < 1.29 is 13.9 Å². The number of halogens is 2. The van der Waals surface area contributed by atoms with Gasteiger partial charge in [-0.1, -0.05) is 22.9 Å². The third kappa shape index (κ3) is 3.94. The molecule has 0 aromatic heterocycles. The summed E-state index contributed by atoms with van der Waals surface area (Å²) >= 11 is 8.71. The van der Waals surface area contributed by atoms with Crippen LogP contribution in [0.15, 0.2) is 52.6 Å². The molecule has 2 aromatic rings. The maximum Gasteiger partial charge on any atom is 0.281 e. The van der Waals surface area contributed by atoms with E-state index in [0.29, 0.717) is 23.7 Å². The van der Waals surface area contributed by atoms with E-state index in [1.54, 1.807) is 6.08 Å². The highest BCUT2D eigenvalue weighted by atomic mass is 79.9. The molecule has 1 fully saturated rings. The van der Waals surface area contributed by atoms with E-state index >= 15 is 0 Å². The Morgan fingerprint density at radius 2 is 2.00 bits per heavy atom. The number of rotatable bonds is 5. The molecule has 0 unspecified atom stereocenters. The lowest BCUT2D eigenvalue weighted by Crippen LogP contribution is -2.30. The average molecular weight is 435 g/mol. The number of benzene rings is 2. The van der Waals surface area contributed by atoms with Gasteiger partial charge in [0.15, 0.2) is 5.11 Å². The number of ether oxygens (including phenoxy) is 1. The van der Waals surface area contributed by atoms with Crippen LogP contribution in [0, 0.1) is 5.82 Å². The quantitative estimate of drug-likeness (QED) is 0.549. The minimum absolute atomic E-state index is 0.249. The van der Waals surface area contributed by atoms with Crippen LogP contribution in [0.5, 0.6) is 5.75 Å².